The van der Waals surface area contributed by atoms with Crippen molar-refractivity contribution < 1.29 is 4.74 Å². The highest BCUT2D eigenvalue weighted by Crippen LogP contribution is 2.34. The first-order valence-electron chi connectivity index (χ1n) is 4.44. The summed E-state index contributed by atoms with van der Waals surface area (Å²) in [6.45, 7) is 0.335. The minimum Gasteiger partial charge on any atom is -0.486 e. The molecule has 2 nitrogen and oxygen atoms in total. The lowest BCUT2D eigenvalue weighted by atomic mass is 10.3. The number of nitrogens with zero attached hydrogens (tertiary/aromatic N) is 1. The largest absolute Gasteiger partial charge is 0.486 e. The third-order valence-electron chi connectivity index (χ3n) is 1.87. The lowest BCUT2D eigenvalue weighted by Crippen LogP contribution is -1.93. The normalized spacial score (nSPS) is 10.6. The number of thiazole rings is 1. The maximum atomic E-state index is 5.97. The van der Waals surface area contributed by atoms with E-state index in [0.29, 0.717) is 31.9 Å². The van der Waals surface area contributed by atoms with Crippen LogP contribution >= 0.6 is 57.7 Å². The molecule has 0 saturated carbocycles. The molecule has 2 aromatic rings. The van der Waals surface area contributed by atoms with Crippen LogP contribution in [0.3, 0.4) is 0 Å². The van der Waals surface area contributed by atoms with Gasteiger partial charge in [0, 0.05) is 12.3 Å². The zero-order chi connectivity index (χ0) is 12.4. The first-order chi connectivity index (χ1) is 8.06. The van der Waals surface area contributed by atoms with Crippen molar-refractivity contribution in [3.8, 4) is 5.75 Å². The van der Waals surface area contributed by atoms with Gasteiger partial charge in [0.2, 0.25) is 0 Å². The fourth-order valence-corrected chi connectivity index (χ4v) is 2.60. The fraction of sp³-hybridized carbons (Fsp3) is 0.100. The van der Waals surface area contributed by atoms with Gasteiger partial charge in [-0.1, -0.05) is 46.4 Å². The number of benzene rings is 1. The third-order valence-corrected chi connectivity index (χ3v) is 3.98. The zero-order valence-corrected chi connectivity index (χ0v) is 12.1. The molecule has 0 atom stereocenters. The van der Waals surface area contributed by atoms with Crippen LogP contribution in [0.25, 0.3) is 0 Å². The summed E-state index contributed by atoms with van der Waals surface area (Å²) in [5.41, 5.74) is 0. The van der Waals surface area contributed by atoms with Crippen LogP contribution in [-0.4, -0.2) is 4.98 Å². The van der Waals surface area contributed by atoms with E-state index < -0.39 is 0 Å². The predicted octanol–water partition coefficient (Wildman–Crippen LogP) is 5.34. The second-order valence-electron chi connectivity index (χ2n) is 3.06. The van der Waals surface area contributed by atoms with Crippen LogP contribution in [0.2, 0.25) is 19.5 Å². The van der Waals surface area contributed by atoms with Crippen molar-refractivity contribution in [3.63, 3.8) is 0 Å². The molecule has 0 aliphatic rings. The van der Waals surface area contributed by atoms with E-state index in [0.717, 1.165) is 4.88 Å². The molecule has 0 aliphatic carbocycles. The minimum absolute atomic E-state index is 0.335. The zero-order valence-electron chi connectivity index (χ0n) is 8.21. The van der Waals surface area contributed by atoms with Crippen LogP contribution < -0.4 is 4.74 Å². The molecule has 1 heterocycles. The van der Waals surface area contributed by atoms with Crippen LogP contribution in [-0.2, 0) is 6.61 Å². The van der Waals surface area contributed by atoms with Gasteiger partial charge in [0.1, 0.15) is 12.4 Å². The summed E-state index contributed by atoms with van der Waals surface area (Å²) in [5.74, 6) is 0.477. The summed E-state index contributed by atoms with van der Waals surface area (Å²) in [4.78, 5) is 4.81. The molecule has 0 bridgehead atoms. The summed E-state index contributed by atoms with van der Waals surface area (Å²) < 4.78 is 5.98. The topological polar surface area (TPSA) is 22.1 Å². The molecule has 0 unspecified atom stereocenters. The Kier molecular flexibility index (Phi) is 4.39. The molecule has 17 heavy (non-hydrogen) atoms. The molecule has 0 aliphatic heterocycles. The van der Waals surface area contributed by atoms with Crippen LogP contribution in [0.4, 0.5) is 0 Å². The van der Waals surface area contributed by atoms with E-state index in [4.69, 9.17) is 51.1 Å². The first kappa shape index (κ1) is 13.2. The van der Waals surface area contributed by atoms with Crippen molar-refractivity contribution >= 4 is 57.7 Å². The van der Waals surface area contributed by atoms with Gasteiger partial charge in [-0.2, -0.15) is 0 Å². The van der Waals surface area contributed by atoms with Crippen LogP contribution in [0.1, 0.15) is 4.88 Å². The summed E-state index contributed by atoms with van der Waals surface area (Å²) in [6, 6.07) is 3.12. The molecule has 2 rings (SSSR count). The Morgan fingerprint density at radius 3 is 2.41 bits per heavy atom. The maximum absolute atomic E-state index is 5.97. The van der Waals surface area contributed by atoms with Gasteiger partial charge in [-0.05, 0) is 6.07 Å². The summed E-state index contributed by atoms with van der Waals surface area (Å²) >= 11 is 24.7. The van der Waals surface area contributed by atoms with E-state index in [1.165, 1.54) is 11.3 Å². The van der Waals surface area contributed by atoms with Crippen LogP contribution in [0.15, 0.2) is 18.3 Å². The first-order valence-corrected chi connectivity index (χ1v) is 6.76. The Morgan fingerprint density at radius 1 is 1.06 bits per heavy atom. The van der Waals surface area contributed by atoms with Gasteiger partial charge in [0.15, 0.2) is 4.47 Å². The summed E-state index contributed by atoms with van der Waals surface area (Å²) in [5, 5.41) is 1.20. The number of hydrogen-bond donors (Lipinski definition) is 0. The number of aromatic nitrogens is 1. The number of ether oxygens (including phenoxy) is 1. The lowest BCUT2D eigenvalue weighted by molar-refractivity contribution is 0.310. The predicted molar refractivity (Wildman–Crippen MR) is 72.9 cm³/mol. The standard InChI is InChI=1S/C10H5Cl4NOS/c11-6-1-8(13)9(2-7(6)12)16-4-5-3-15-10(14)17-5/h1-3H,4H2. The molecular weight excluding hydrogens is 324 g/mol. The van der Waals surface area contributed by atoms with E-state index in [1.807, 2.05) is 0 Å². The monoisotopic (exact) mass is 327 g/mol. The maximum Gasteiger partial charge on any atom is 0.183 e. The van der Waals surface area contributed by atoms with Gasteiger partial charge in [-0.15, -0.1) is 11.3 Å². The van der Waals surface area contributed by atoms with E-state index in [-0.39, 0.29) is 0 Å². The quantitative estimate of drug-likeness (QED) is 0.710. The highest BCUT2D eigenvalue weighted by atomic mass is 35.5. The number of rotatable bonds is 3. The average molecular weight is 329 g/mol. The summed E-state index contributed by atoms with van der Waals surface area (Å²) in [7, 11) is 0. The second kappa shape index (κ2) is 5.63. The molecule has 0 radical (unpaired) electrons. The Morgan fingerprint density at radius 2 is 1.76 bits per heavy atom. The Labute approximate surface area is 122 Å². The van der Waals surface area contributed by atoms with Gasteiger partial charge < -0.3 is 4.74 Å². The van der Waals surface area contributed by atoms with Gasteiger partial charge in [0.05, 0.1) is 19.9 Å². The SMILES string of the molecule is Clc1ncc(COc2cc(Cl)c(Cl)cc2Cl)s1. The van der Waals surface area contributed by atoms with E-state index in [1.54, 1.807) is 18.3 Å². The van der Waals surface area contributed by atoms with Crippen molar-refractivity contribution in [2.24, 2.45) is 0 Å². The van der Waals surface area contributed by atoms with Crippen molar-refractivity contribution in [3.05, 3.63) is 42.7 Å². The lowest BCUT2D eigenvalue weighted by Gasteiger charge is -2.07. The minimum atomic E-state index is 0.335. The van der Waals surface area contributed by atoms with E-state index in [2.05, 4.69) is 4.98 Å². The van der Waals surface area contributed by atoms with Gasteiger partial charge in [0.25, 0.3) is 0 Å². The molecule has 1 aromatic carbocycles. The molecule has 7 heteroatoms. The number of halogens is 4. The summed E-state index contributed by atoms with van der Waals surface area (Å²) in [6.07, 6.45) is 1.65. The molecule has 0 N–H and O–H groups in total. The van der Waals surface area contributed by atoms with E-state index in [9.17, 15) is 0 Å². The van der Waals surface area contributed by atoms with Crippen molar-refractivity contribution in [1.82, 2.24) is 4.98 Å². The van der Waals surface area contributed by atoms with Crippen LogP contribution in [0, 0.1) is 0 Å². The molecule has 0 fully saturated rings. The molecule has 0 amide bonds. The molecule has 1 aromatic heterocycles. The fourth-order valence-electron chi connectivity index (χ4n) is 1.11. The molecule has 90 valence electrons. The van der Waals surface area contributed by atoms with Crippen molar-refractivity contribution in [1.29, 1.82) is 0 Å². The Bertz CT molecular complexity index is 543. The molecule has 0 spiro atoms. The highest BCUT2D eigenvalue weighted by Gasteiger charge is 2.08. The Hall–Kier alpha value is -0.190. The van der Waals surface area contributed by atoms with Gasteiger partial charge in [-0.3, -0.25) is 0 Å². The van der Waals surface area contributed by atoms with E-state index >= 15 is 0 Å². The van der Waals surface area contributed by atoms with Gasteiger partial charge in [-0.25, -0.2) is 4.98 Å². The smallest absolute Gasteiger partial charge is 0.183 e. The number of hydrogen-bond acceptors (Lipinski definition) is 3. The Balaban J connectivity index is 2.11. The molecule has 0 saturated heterocycles. The average Bonchev–Trinajstić information content (AvgIpc) is 2.68. The van der Waals surface area contributed by atoms with Gasteiger partial charge >= 0.3 is 0 Å². The van der Waals surface area contributed by atoms with Crippen LogP contribution in [0.5, 0.6) is 5.75 Å². The van der Waals surface area contributed by atoms with Crippen molar-refractivity contribution in [2.75, 3.05) is 0 Å². The van der Waals surface area contributed by atoms with Crippen molar-refractivity contribution in [2.45, 2.75) is 6.61 Å². The highest BCUT2D eigenvalue weighted by molar-refractivity contribution is 7.15. The molecular formula is C10H5Cl4NOS. The third kappa shape index (κ3) is 3.39. The second-order valence-corrected chi connectivity index (χ2v) is 5.98.